The SMILES string of the molecule is O=C1c2cc(Br)ccc2-c2ccc3c4c(ccc1c24)C(O)c1cc(Br)ccc1-3. The Bertz CT molecular complexity index is 1370. The first kappa shape index (κ1) is 16.7. The second-order valence-corrected chi connectivity index (χ2v) is 9.10. The summed E-state index contributed by atoms with van der Waals surface area (Å²) >= 11 is 6.99. The average Bonchev–Trinajstić information content (AvgIpc) is 2.70. The minimum absolute atomic E-state index is 0.0311. The zero-order chi connectivity index (χ0) is 19.2. The Kier molecular flexibility index (Phi) is 3.35. The van der Waals surface area contributed by atoms with E-state index in [1.165, 1.54) is 0 Å². The smallest absolute Gasteiger partial charge is 0.194 e. The first-order valence-corrected chi connectivity index (χ1v) is 10.6. The number of fused-ring (bicyclic) bond motifs is 4. The van der Waals surface area contributed by atoms with E-state index < -0.39 is 6.10 Å². The van der Waals surface area contributed by atoms with Crippen molar-refractivity contribution in [3.8, 4) is 22.3 Å². The predicted molar refractivity (Wildman–Crippen MR) is 118 cm³/mol. The maximum atomic E-state index is 13.3. The molecule has 0 saturated carbocycles. The van der Waals surface area contributed by atoms with Crippen LogP contribution < -0.4 is 0 Å². The van der Waals surface area contributed by atoms with Crippen LogP contribution in [-0.4, -0.2) is 10.9 Å². The quantitative estimate of drug-likeness (QED) is 0.263. The van der Waals surface area contributed by atoms with E-state index in [4.69, 9.17) is 0 Å². The molecule has 0 bridgehead atoms. The lowest BCUT2D eigenvalue weighted by molar-refractivity contribution is 0.104. The Hall–Kier alpha value is -2.27. The first-order valence-electron chi connectivity index (χ1n) is 8.97. The fraction of sp³-hybridized carbons (Fsp3) is 0.0417. The number of benzene rings is 4. The van der Waals surface area contributed by atoms with Gasteiger partial charge in [0, 0.05) is 25.5 Å². The molecular formula is C24H12Br2O2. The second kappa shape index (κ2) is 5.63. The van der Waals surface area contributed by atoms with Crippen LogP contribution in [0.4, 0.5) is 0 Å². The zero-order valence-corrected chi connectivity index (χ0v) is 17.6. The Labute approximate surface area is 178 Å². The van der Waals surface area contributed by atoms with Crippen LogP contribution in [0.5, 0.6) is 0 Å². The minimum atomic E-state index is -0.717. The molecule has 2 aliphatic rings. The van der Waals surface area contributed by atoms with Crippen molar-refractivity contribution in [1.29, 1.82) is 0 Å². The highest BCUT2D eigenvalue weighted by Gasteiger charge is 2.32. The largest absolute Gasteiger partial charge is 0.384 e. The van der Waals surface area contributed by atoms with Crippen LogP contribution in [0, 0.1) is 0 Å². The molecule has 2 aliphatic carbocycles. The topological polar surface area (TPSA) is 37.3 Å². The average molecular weight is 492 g/mol. The van der Waals surface area contributed by atoms with Gasteiger partial charge in [-0.3, -0.25) is 4.79 Å². The minimum Gasteiger partial charge on any atom is -0.384 e. The Morgan fingerprint density at radius 1 is 0.607 bits per heavy atom. The van der Waals surface area contributed by atoms with Crippen LogP contribution in [0.2, 0.25) is 0 Å². The van der Waals surface area contributed by atoms with Gasteiger partial charge in [0.15, 0.2) is 5.78 Å². The number of carbonyl (C=O) groups excluding carboxylic acids is 1. The van der Waals surface area contributed by atoms with Gasteiger partial charge in [0.2, 0.25) is 0 Å². The second-order valence-electron chi connectivity index (χ2n) is 7.27. The number of aliphatic hydroxyl groups excluding tert-OH is 1. The van der Waals surface area contributed by atoms with E-state index in [9.17, 15) is 9.90 Å². The van der Waals surface area contributed by atoms with Crippen molar-refractivity contribution in [1.82, 2.24) is 0 Å². The molecule has 1 atom stereocenters. The van der Waals surface area contributed by atoms with Crippen molar-refractivity contribution >= 4 is 48.4 Å². The molecule has 4 heteroatoms. The van der Waals surface area contributed by atoms with Gasteiger partial charge in [-0.05, 0) is 69.1 Å². The van der Waals surface area contributed by atoms with Crippen LogP contribution in [-0.2, 0) is 0 Å². The van der Waals surface area contributed by atoms with Gasteiger partial charge in [-0.1, -0.05) is 62.2 Å². The molecule has 0 aromatic heterocycles. The molecular weight excluding hydrogens is 480 g/mol. The number of aliphatic hydroxyl groups is 1. The number of hydrogen-bond donors (Lipinski definition) is 1. The molecule has 2 nitrogen and oxygen atoms in total. The van der Waals surface area contributed by atoms with Crippen molar-refractivity contribution in [3.63, 3.8) is 0 Å². The van der Waals surface area contributed by atoms with E-state index in [1.807, 2.05) is 48.5 Å². The third-order valence-electron chi connectivity index (χ3n) is 5.85. The summed E-state index contributed by atoms with van der Waals surface area (Å²) in [5.41, 5.74) is 7.23. The summed E-state index contributed by atoms with van der Waals surface area (Å²) in [6.45, 7) is 0. The van der Waals surface area contributed by atoms with Crippen molar-refractivity contribution in [2.75, 3.05) is 0 Å². The lowest BCUT2D eigenvalue weighted by Gasteiger charge is -2.29. The zero-order valence-electron chi connectivity index (χ0n) is 14.5. The summed E-state index contributed by atoms with van der Waals surface area (Å²) in [4.78, 5) is 13.3. The van der Waals surface area contributed by atoms with Crippen molar-refractivity contribution in [2.45, 2.75) is 6.10 Å². The van der Waals surface area contributed by atoms with Crippen molar-refractivity contribution in [3.05, 3.63) is 91.9 Å². The standard InChI is InChI=1S/C24H12Br2O2/c25-11-1-3-13-15-5-6-16-14-4-2-12(26)10-20(14)24(28)18-8-7-17(21(15)22(16)18)23(27)19(13)9-11/h1-10,23,27H. The Morgan fingerprint density at radius 3 is 2.00 bits per heavy atom. The molecule has 0 heterocycles. The molecule has 0 aliphatic heterocycles. The van der Waals surface area contributed by atoms with Crippen molar-refractivity contribution < 1.29 is 9.90 Å². The lowest BCUT2D eigenvalue weighted by atomic mass is 9.75. The van der Waals surface area contributed by atoms with Gasteiger partial charge in [-0.2, -0.15) is 0 Å². The van der Waals surface area contributed by atoms with Gasteiger partial charge in [0.25, 0.3) is 0 Å². The normalized spacial score (nSPS) is 16.1. The fourth-order valence-electron chi connectivity index (χ4n) is 4.64. The van der Waals surface area contributed by atoms with E-state index in [0.29, 0.717) is 11.1 Å². The summed E-state index contributed by atoms with van der Waals surface area (Å²) in [6, 6.07) is 19.8. The molecule has 0 fully saturated rings. The van der Waals surface area contributed by atoms with E-state index in [2.05, 4.69) is 44.0 Å². The van der Waals surface area contributed by atoms with Gasteiger partial charge >= 0.3 is 0 Å². The molecule has 0 saturated heterocycles. The molecule has 0 radical (unpaired) electrons. The molecule has 28 heavy (non-hydrogen) atoms. The Balaban J connectivity index is 1.79. The van der Waals surface area contributed by atoms with Gasteiger partial charge in [0.05, 0.1) is 0 Å². The van der Waals surface area contributed by atoms with E-state index in [0.717, 1.165) is 53.1 Å². The van der Waals surface area contributed by atoms with Crippen LogP contribution in [0.15, 0.2) is 69.6 Å². The van der Waals surface area contributed by atoms with E-state index in [-0.39, 0.29) is 5.78 Å². The van der Waals surface area contributed by atoms with E-state index >= 15 is 0 Å². The summed E-state index contributed by atoms with van der Waals surface area (Å²) < 4.78 is 1.83. The molecule has 1 unspecified atom stereocenters. The van der Waals surface area contributed by atoms with Gasteiger partial charge in [-0.25, -0.2) is 0 Å². The maximum Gasteiger partial charge on any atom is 0.194 e. The molecule has 134 valence electrons. The van der Waals surface area contributed by atoms with Crippen molar-refractivity contribution in [2.24, 2.45) is 0 Å². The first-order chi connectivity index (χ1) is 13.5. The highest BCUT2D eigenvalue weighted by molar-refractivity contribution is 9.10. The molecule has 1 N–H and O–H groups in total. The van der Waals surface area contributed by atoms with E-state index in [1.54, 1.807) is 0 Å². The lowest BCUT2D eigenvalue weighted by Crippen LogP contribution is -2.14. The van der Waals surface area contributed by atoms with Crippen LogP contribution in [0.3, 0.4) is 0 Å². The van der Waals surface area contributed by atoms with Gasteiger partial charge in [-0.15, -0.1) is 0 Å². The third kappa shape index (κ3) is 2.03. The summed E-state index contributed by atoms with van der Waals surface area (Å²) in [6.07, 6.45) is -0.717. The highest BCUT2D eigenvalue weighted by Crippen LogP contribution is 2.50. The summed E-state index contributed by atoms with van der Waals surface area (Å²) in [5, 5.41) is 13.0. The number of hydrogen-bond acceptors (Lipinski definition) is 2. The monoisotopic (exact) mass is 490 g/mol. The molecule has 4 aromatic rings. The fourth-order valence-corrected chi connectivity index (χ4v) is 5.38. The van der Waals surface area contributed by atoms with Crippen LogP contribution >= 0.6 is 31.9 Å². The highest BCUT2D eigenvalue weighted by atomic mass is 79.9. The van der Waals surface area contributed by atoms with Gasteiger partial charge in [0.1, 0.15) is 6.10 Å². The predicted octanol–water partition coefficient (Wildman–Crippen LogP) is 6.64. The summed E-state index contributed by atoms with van der Waals surface area (Å²) in [5.74, 6) is 0.0311. The Morgan fingerprint density at radius 2 is 1.21 bits per heavy atom. The van der Waals surface area contributed by atoms with Gasteiger partial charge < -0.3 is 5.11 Å². The van der Waals surface area contributed by atoms with Crippen LogP contribution in [0.25, 0.3) is 33.0 Å². The number of halogens is 2. The number of ketones is 1. The molecule has 0 spiro atoms. The number of carbonyl (C=O) groups is 1. The molecule has 4 aromatic carbocycles. The number of rotatable bonds is 0. The maximum absolute atomic E-state index is 13.3. The molecule has 6 rings (SSSR count). The molecule has 0 amide bonds. The van der Waals surface area contributed by atoms with Crippen LogP contribution in [0.1, 0.15) is 33.2 Å². The third-order valence-corrected chi connectivity index (χ3v) is 6.83. The summed E-state index contributed by atoms with van der Waals surface area (Å²) in [7, 11) is 0.